The van der Waals surface area contributed by atoms with E-state index in [0.29, 0.717) is 5.92 Å². The van der Waals surface area contributed by atoms with Crippen molar-refractivity contribution in [1.29, 1.82) is 0 Å². The largest absolute Gasteiger partial charge is 0.388 e. The average molecular weight is 148 g/mol. The van der Waals surface area contributed by atoms with Crippen LogP contribution >= 0.6 is 0 Å². The van der Waals surface area contributed by atoms with Gasteiger partial charge in [0.1, 0.15) is 0 Å². The van der Waals surface area contributed by atoms with Crippen LogP contribution in [0.2, 0.25) is 0 Å². The molecule has 58 valence electrons. The molecule has 1 unspecified atom stereocenters. The van der Waals surface area contributed by atoms with Gasteiger partial charge in [0, 0.05) is 0 Å². The lowest BCUT2D eigenvalue weighted by Crippen LogP contribution is -1.98. The Morgan fingerprint density at radius 3 is 2.36 bits per heavy atom. The van der Waals surface area contributed by atoms with Crippen LogP contribution in [0.15, 0.2) is 30.3 Å². The van der Waals surface area contributed by atoms with Crippen LogP contribution < -0.4 is 0 Å². The summed E-state index contributed by atoms with van der Waals surface area (Å²) in [7, 11) is 0. The minimum absolute atomic E-state index is 0.212. The Labute approximate surface area is 66.7 Å². The zero-order chi connectivity index (χ0) is 7.68. The molecule has 2 rings (SSSR count). The molecule has 1 fully saturated rings. The number of benzene rings is 1. The molecule has 0 radical (unpaired) electrons. The lowest BCUT2D eigenvalue weighted by atomic mass is 10.1. The molecule has 1 atom stereocenters. The maximum atomic E-state index is 9.66. The highest BCUT2D eigenvalue weighted by Crippen LogP contribution is 2.40. The third-order valence-corrected chi connectivity index (χ3v) is 2.21. The van der Waals surface area contributed by atoms with Crippen molar-refractivity contribution in [1.82, 2.24) is 0 Å². The normalized spacial score (nSPS) is 19.7. The molecule has 1 N–H and O–H groups in total. The van der Waals surface area contributed by atoms with Crippen molar-refractivity contribution < 1.29 is 5.11 Å². The molecule has 0 amide bonds. The van der Waals surface area contributed by atoms with Crippen molar-refractivity contribution in [2.45, 2.75) is 18.9 Å². The fraction of sp³-hybridized carbons (Fsp3) is 0.400. The van der Waals surface area contributed by atoms with Crippen LogP contribution in [0.1, 0.15) is 24.5 Å². The highest BCUT2D eigenvalue weighted by Gasteiger charge is 2.30. The quantitative estimate of drug-likeness (QED) is 0.681. The molecule has 1 heteroatoms. The maximum absolute atomic E-state index is 9.66. The number of hydrogen-bond donors (Lipinski definition) is 1. The molecule has 1 aromatic rings. The van der Waals surface area contributed by atoms with Gasteiger partial charge in [-0.2, -0.15) is 0 Å². The van der Waals surface area contributed by atoms with Crippen LogP contribution in [0.4, 0.5) is 0 Å². The number of hydrogen-bond acceptors (Lipinski definition) is 1. The topological polar surface area (TPSA) is 20.2 Å². The first-order chi connectivity index (χ1) is 5.38. The molecule has 0 bridgehead atoms. The van der Waals surface area contributed by atoms with Crippen molar-refractivity contribution in [2.75, 3.05) is 0 Å². The van der Waals surface area contributed by atoms with Crippen molar-refractivity contribution in [3.63, 3.8) is 0 Å². The molecule has 1 aromatic carbocycles. The molecular formula is C10H12O. The van der Waals surface area contributed by atoms with Gasteiger partial charge in [0.2, 0.25) is 0 Å². The monoisotopic (exact) mass is 148 g/mol. The molecule has 1 aliphatic carbocycles. The van der Waals surface area contributed by atoms with Gasteiger partial charge in [-0.15, -0.1) is 0 Å². The highest BCUT2D eigenvalue weighted by molar-refractivity contribution is 5.18. The van der Waals surface area contributed by atoms with E-state index in [4.69, 9.17) is 0 Å². The summed E-state index contributed by atoms with van der Waals surface area (Å²) in [5.41, 5.74) is 1.06. The smallest absolute Gasteiger partial charge is 0.0818 e. The van der Waals surface area contributed by atoms with E-state index in [1.807, 2.05) is 30.3 Å². The summed E-state index contributed by atoms with van der Waals surface area (Å²) in [5, 5.41) is 9.66. The second-order valence-electron chi connectivity index (χ2n) is 3.19. The highest BCUT2D eigenvalue weighted by atomic mass is 16.3. The van der Waals surface area contributed by atoms with Crippen molar-refractivity contribution in [3.8, 4) is 0 Å². The second kappa shape index (κ2) is 2.67. The fourth-order valence-electron chi connectivity index (χ4n) is 1.33. The van der Waals surface area contributed by atoms with E-state index in [2.05, 4.69) is 0 Å². The molecular weight excluding hydrogens is 136 g/mol. The molecule has 0 aliphatic heterocycles. The van der Waals surface area contributed by atoms with E-state index in [1.54, 1.807) is 0 Å². The molecule has 1 saturated carbocycles. The fourth-order valence-corrected chi connectivity index (χ4v) is 1.33. The van der Waals surface area contributed by atoms with E-state index in [1.165, 1.54) is 12.8 Å². The molecule has 0 aromatic heterocycles. The molecule has 1 aliphatic rings. The molecule has 0 spiro atoms. The van der Waals surface area contributed by atoms with E-state index < -0.39 is 0 Å². The van der Waals surface area contributed by atoms with Gasteiger partial charge in [-0.05, 0) is 24.3 Å². The van der Waals surface area contributed by atoms with Crippen LogP contribution in [0.3, 0.4) is 0 Å². The number of aliphatic hydroxyl groups excluding tert-OH is 1. The Morgan fingerprint density at radius 2 is 1.82 bits per heavy atom. The summed E-state index contributed by atoms with van der Waals surface area (Å²) < 4.78 is 0. The van der Waals surface area contributed by atoms with Crippen LogP contribution in [0.25, 0.3) is 0 Å². The first kappa shape index (κ1) is 6.86. The lowest BCUT2D eigenvalue weighted by Gasteiger charge is -2.07. The van der Waals surface area contributed by atoms with Gasteiger partial charge < -0.3 is 5.11 Å². The van der Waals surface area contributed by atoms with Gasteiger partial charge in [-0.25, -0.2) is 0 Å². The third kappa shape index (κ3) is 1.43. The van der Waals surface area contributed by atoms with Crippen molar-refractivity contribution >= 4 is 0 Å². The zero-order valence-electron chi connectivity index (χ0n) is 6.40. The zero-order valence-corrected chi connectivity index (χ0v) is 6.40. The summed E-state index contributed by atoms with van der Waals surface area (Å²) in [6.45, 7) is 0. The maximum Gasteiger partial charge on any atom is 0.0818 e. The van der Waals surface area contributed by atoms with E-state index in [-0.39, 0.29) is 6.10 Å². The van der Waals surface area contributed by atoms with Crippen LogP contribution in [-0.2, 0) is 0 Å². The molecule has 0 heterocycles. The Balaban J connectivity index is 2.15. The van der Waals surface area contributed by atoms with Gasteiger partial charge in [-0.1, -0.05) is 30.3 Å². The summed E-state index contributed by atoms with van der Waals surface area (Å²) in [6, 6.07) is 9.90. The van der Waals surface area contributed by atoms with Gasteiger partial charge in [0.15, 0.2) is 0 Å². The number of aliphatic hydroxyl groups is 1. The minimum Gasteiger partial charge on any atom is -0.388 e. The van der Waals surface area contributed by atoms with Gasteiger partial charge in [0.05, 0.1) is 6.10 Å². The van der Waals surface area contributed by atoms with E-state index >= 15 is 0 Å². The van der Waals surface area contributed by atoms with Gasteiger partial charge in [-0.3, -0.25) is 0 Å². The Morgan fingerprint density at radius 1 is 1.18 bits per heavy atom. The second-order valence-corrected chi connectivity index (χ2v) is 3.19. The molecule has 11 heavy (non-hydrogen) atoms. The first-order valence-electron chi connectivity index (χ1n) is 4.11. The predicted molar refractivity (Wildman–Crippen MR) is 44.1 cm³/mol. The van der Waals surface area contributed by atoms with Crippen molar-refractivity contribution in [3.05, 3.63) is 35.9 Å². The summed E-state index contributed by atoms with van der Waals surface area (Å²) in [4.78, 5) is 0. The Hall–Kier alpha value is -0.820. The molecule has 1 nitrogen and oxygen atoms in total. The summed E-state index contributed by atoms with van der Waals surface area (Å²) >= 11 is 0. The van der Waals surface area contributed by atoms with Crippen molar-refractivity contribution in [2.24, 2.45) is 5.92 Å². The van der Waals surface area contributed by atoms with Gasteiger partial charge in [0.25, 0.3) is 0 Å². The van der Waals surface area contributed by atoms with Crippen LogP contribution in [0.5, 0.6) is 0 Å². The molecule has 0 saturated heterocycles. The Kier molecular flexibility index (Phi) is 1.66. The van der Waals surface area contributed by atoms with Gasteiger partial charge >= 0.3 is 0 Å². The first-order valence-corrected chi connectivity index (χ1v) is 4.11. The lowest BCUT2D eigenvalue weighted by molar-refractivity contribution is 0.154. The Bertz CT molecular complexity index is 226. The van der Waals surface area contributed by atoms with E-state index in [9.17, 15) is 5.11 Å². The summed E-state index contributed by atoms with van der Waals surface area (Å²) in [5.74, 6) is 0.539. The van der Waals surface area contributed by atoms with E-state index in [0.717, 1.165) is 5.56 Å². The average Bonchev–Trinajstić information content (AvgIpc) is 2.87. The predicted octanol–water partition coefficient (Wildman–Crippen LogP) is 2.13. The number of rotatable bonds is 2. The SMILES string of the molecule is OC(c1ccccc1)C1CC1. The van der Waals surface area contributed by atoms with Crippen LogP contribution in [0, 0.1) is 5.92 Å². The standard InChI is InChI=1S/C10H12O/c11-10(9-6-7-9)8-4-2-1-3-5-8/h1-5,9-11H,6-7H2. The van der Waals surface area contributed by atoms with Crippen LogP contribution in [-0.4, -0.2) is 5.11 Å². The third-order valence-electron chi connectivity index (χ3n) is 2.21. The summed E-state index contributed by atoms with van der Waals surface area (Å²) in [6.07, 6.45) is 2.17. The minimum atomic E-state index is -0.212.